The van der Waals surface area contributed by atoms with E-state index < -0.39 is 0 Å². The summed E-state index contributed by atoms with van der Waals surface area (Å²) in [6, 6.07) is 18.5. The maximum Gasteiger partial charge on any atom is 0.275 e. The number of aryl methyl sites for hydroxylation is 1. The minimum absolute atomic E-state index is 0.00526. The van der Waals surface area contributed by atoms with Gasteiger partial charge in [0.05, 0.1) is 12.2 Å². The first-order chi connectivity index (χ1) is 16.6. The Bertz CT molecular complexity index is 1380. The first-order valence-corrected chi connectivity index (χ1v) is 12.0. The zero-order chi connectivity index (χ0) is 23.7. The highest BCUT2D eigenvalue weighted by Crippen LogP contribution is 2.31. The molecule has 0 unspecified atom stereocenters. The van der Waals surface area contributed by atoms with Crippen molar-refractivity contribution in [2.45, 2.75) is 25.8 Å². The van der Waals surface area contributed by atoms with Crippen LogP contribution in [0.3, 0.4) is 0 Å². The molecule has 0 spiro atoms. The van der Waals surface area contributed by atoms with Gasteiger partial charge in [0, 0.05) is 56.3 Å². The molecule has 0 radical (unpaired) electrons. The van der Waals surface area contributed by atoms with Gasteiger partial charge in [-0.15, -0.1) is 0 Å². The molecule has 0 bridgehead atoms. The summed E-state index contributed by atoms with van der Waals surface area (Å²) in [6.07, 6.45) is 4.78. The second-order valence-electron chi connectivity index (χ2n) is 9.26. The Kier molecular flexibility index (Phi) is 6.24. The van der Waals surface area contributed by atoms with Crippen LogP contribution in [0.1, 0.15) is 28.8 Å². The van der Waals surface area contributed by atoms with Gasteiger partial charge in [-0.25, -0.2) is 0 Å². The Balaban J connectivity index is 1.49. The number of hydrogen-bond acceptors (Lipinski definition) is 3. The van der Waals surface area contributed by atoms with Crippen LogP contribution >= 0.6 is 0 Å². The zero-order valence-electron chi connectivity index (χ0n) is 19.9. The summed E-state index contributed by atoms with van der Waals surface area (Å²) >= 11 is 0. The van der Waals surface area contributed by atoms with E-state index in [4.69, 9.17) is 4.74 Å². The summed E-state index contributed by atoms with van der Waals surface area (Å²) in [7, 11) is 3.52. The number of methoxy groups -OCH3 is 1. The molecule has 1 aliphatic heterocycles. The van der Waals surface area contributed by atoms with E-state index in [0.29, 0.717) is 30.1 Å². The number of nitrogens with zero attached hydrogens (tertiary/aromatic N) is 3. The maximum absolute atomic E-state index is 13.8. The highest BCUT2D eigenvalue weighted by atomic mass is 16.5. The summed E-state index contributed by atoms with van der Waals surface area (Å²) in [5.74, 6) is 0.588. The van der Waals surface area contributed by atoms with Crippen molar-refractivity contribution in [3.63, 3.8) is 0 Å². The molecule has 34 heavy (non-hydrogen) atoms. The van der Waals surface area contributed by atoms with Crippen molar-refractivity contribution in [2.75, 3.05) is 26.8 Å². The molecule has 1 saturated heterocycles. The molecule has 4 aromatic rings. The number of likely N-dealkylation sites (tertiary alicyclic amines) is 1. The van der Waals surface area contributed by atoms with Gasteiger partial charge in [0.15, 0.2) is 0 Å². The number of rotatable bonds is 6. The van der Waals surface area contributed by atoms with Gasteiger partial charge in [-0.1, -0.05) is 48.5 Å². The van der Waals surface area contributed by atoms with E-state index in [-0.39, 0.29) is 11.5 Å². The number of amides is 1. The lowest BCUT2D eigenvalue weighted by Crippen LogP contribution is -2.39. The van der Waals surface area contributed by atoms with Crippen LogP contribution in [-0.2, 0) is 24.8 Å². The molecule has 1 aliphatic rings. The summed E-state index contributed by atoms with van der Waals surface area (Å²) in [6.45, 7) is 2.29. The lowest BCUT2D eigenvalue weighted by molar-refractivity contribution is 0.0691. The van der Waals surface area contributed by atoms with E-state index in [0.717, 1.165) is 48.6 Å². The predicted octanol–water partition coefficient (Wildman–Crippen LogP) is 4.23. The normalized spacial score (nSPS) is 14.8. The predicted molar refractivity (Wildman–Crippen MR) is 135 cm³/mol. The minimum atomic E-state index is -0.0936. The van der Waals surface area contributed by atoms with Crippen LogP contribution in [0.5, 0.6) is 0 Å². The average Bonchev–Trinajstić information content (AvgIpc) is 3.17. The zero-order valence-corrected chi connectivity index (χ0v) is 19.9. The van der Waals surface area contributed by atoms with Crippen molar-refractivity contribution in [1.29, 1.82) is 0 Å². The van der Waals surface area contributed by atoms with Gasteiger partial charge in [0.2, 0.25) is 0 Å². The number of pyridine rings is 1. The van der Waals surface area contributed by atoms with Crippen LogP contribution in [0, 0.1) is 5.92 Å². The fourth-order valence-corrected chi connectivity index (χ4v) is 5.31. The first-order valence-electron chi connectivity index (χ1n) is 12.0. The standard InChI is InChI=1S/C28H31N3O3/c1-29-24-11-7-6-10-22(24)25-23(19-31(16-17-34-2)28(33)26(25)29)27(32)30-14-12-21(13-15-30)18-20-8-4-3-5-9-20/h3-11,19,21H,12-18H2,1-2H3. The number of para-hydroxylation sites is 1. The average molecular weight is 458 g/mol. The van der Waals surface area contributed by atoms with Crippen LogP contribution in [0.15, 0.2) is 65.6 Å². The molecule has 6 nitrogen and oxygen atoms in total. The van der Waals surface area contributed by atoms with Crippen molar-refractivity contribution >= 4 is 27.7 Å². The quantitative estimate of drug-likeness (QED) is 0.435. The SMILES string of the molecule is COCCn1cc(C(=O)N2CCC(Cc3ccccc3)CC2)c2c3ccccc3n(C)c2c1=O. The molecule has 1 amide bonds. The molecule has 3 heterocycles. The molecule has 0 saturated carbocycles. The number of carbonyl (C=O) groups excluding carboxylic acids is 1. The second-order valence-corrected chi connectivity index (χ2v) is 9.26. The van der Waals surface area contributed by atoms with E-state index >= 15 is 0 Å². The van der Waals surface area contributed by atoms with E-state index in [1.807, 2.05) is 46.8 Å². The van der Waals surface area contributed by atoms with Crippen LogP contribution in [0.25, 0.3) is 21.8 Å². The number of ether oxygens (including phenoxy) is 1. The van der Waals surface area contributed by atoms with Crippen molar-refractivity contribution in [2.24, 2.45) is 13.0 Å². The van der Waals surface area contributed by atoms with Crippen LogP contribution in [-0.4, -0.2) is 46.7 Å². The molecule has 0 N–H and O–H groups in total. The number of fused-ring (bicyclic) bond motifs is 3. The fourth-order valence-electron chi connectivity index (χ4n) is 5.31. The summed E-state index contributed by atoms with van der Waals surface area (Å²) in [5, 5.41) is 1.70. The fraction of sp³-hybridized carbons (Fsp3) is 0.357. The van der Waals surface area contributed by atoms with Gasteiger partial charge >= 0.3 is 0 Å². The molecule has 176 valence electrons. The lowest BCUT2D eigenvalue weighted by Gasteiger charge is -2.32. The highest BCUT2D eigenvalue weighted by Gasteiger charge is 2.28. The largest absolute Gasteiger partial charge is 0.383 e. The lowest BCUT2D eigenvalue weighted by atomic mass is 9.90. The summed E-state index contributed by atoms with van der Waals surface area (Å²) < 4.78 is 8.76. The third kappa shape index (κ3) is 4.03. The molecule has 1 fully saturated rings. The van der Waals surface area contributed by atoms with Crippen molar-refractivity contribution in [1.82, 2.24) is 14.0 Å². The molecule has 6 heteroatoms. The van der Waals surface area contributed by atoms with Crippen LogP contribution in [0.4, 0.5) is 0 Å². The third-order valence-electron chi connectivity index (χ3n) is 7.16. The van der Waals surface area contributed by atoms with E-state index in [1.54, 1.807) is 17.9 Å². The van der Waals surface area contributed by atoms with E-state index in [1.165, 1.54) is 5.56 Å². The Morgan fingerprint density at radius 3 is 2.47 bits per heavy atom. The van der Waals surface area contributed by atoms with Gasteiger partial charge in [-0.2, -0.15) is 0 Å². The first kappa shape index (κ1) is 22.4. The Morgan fingerprint density at radius 2 is 1.74 bits per heavy atom. The van der Waals surface area contributed by atoms with Crippen molar-refractivity contribution < 1.29 is 9.53 Å². The Morgan fingerprint density at radius 1 is 1.03 bits per heavy atom. The second kappa shape index (κ2) is 9.47. The van der Waals surface area contributed by atoms with Gasteiger partial charge in [-0.05, 0) is 36.8 Å². The number of benzene rings is 2. The summed E-state index contributed by atoms with van der Waals surface area (Å²) in [4.78, 5) is 29.2. The third-order valence-corrected chi connectivity index (χ3v) is 7.16. The van der Waals surface area contributed by atoms with Crippen LogP contribution < -0.4 is 5.56 Å². The van der Waals surface area contributed by atoms with E-state index in [9.17, 15) is 9.59 Å². The number of aromatic nitrogens is 2. The minimum Gasteiger partial charge on any atom is -0.383 e. The maximum atomic E-state index is 13.8. The molecular weight excluding hydrogens is 426 g/mol. The highest BCUT2D eigenvalue weighted by molar-refractivity contribution is 6.17. The number of carbonyl (C=O) groups is 1. The number of hydrogen-bond donors (Lipinski definition) is 0. The van der Waals surface area contributed by atoms with Gasteiger partial charge in [0.25, 0.3) is 11.5 Å². The molecule has 2 aromatic heterocycles. The Labute approximate surface area is 199 Å². The van der Waals surface area contributed by atoms with Gasteiger partial charge in [0.1, 0.15) is 5.52 Å². The van der Waals surface area contributed by atoms with Crippen LogP contribution in [0.2, 0.25) is 0 Å². The Hall–Kier alpha value is -3.38. The molecular formula is C28H31N3O3. The smallest absolute Gasteiger partial charge is 0.275 e. The van der Waals surface area contributed by atoms with E-state index in [2.05, 4.69) is 24.3 Å². The van der Waals surface area contributed by atoms with Gasteiger partial charge in [-0.3, -0.25) is 9.59 Å². The monoisotopic (exact) mass is 457 g/mol. The van der Waals surface area contributed by atoms with Crippen molar-refractivity contribution in [3.8, 4) is 0 Å². The molecule has 5 rings (SSSR count). The topological polar surface area (TPSA) is 56.5 Å². The molecule has 0 aliphatic carbocycles. The molecule has 2 aromatic carbocycles. The van der Waals surface area contributed by atoms with Crippen molar-refractivity contribution in [3.05, 3.63) is 82.3 Å². The van der Waals surface area contributed by atoms with Gasteiger partial charge < -0.3 is 18.8 Å². The number of piperidine rings is 1. The summed E-state index contributed by atoms with van der Waals surface area (Å²) in [5.41, 5.74) is 3.39. The molecule has 0 atom stereocenters.